The summed E-state index contributed by atoms with van der Waals surface area (Å²) in [5.74, 6) is 2.51. The summed E-state index contributed by atoms with van der Waals surface area (Å²) in [6.45, 7) is 8.57. The average molecular weight is 354 g/mol. The first kappa shape index (κ1) is 21.4. The molecule has 0 aliphatic rings. The van der Waals surface area contributed by atoms with Gasteiger partial charge in [0.05, 0.1) is 0 Å². The fourth-order valence-corrected chi connectivity index (χ4v) is 2.07. The number of hydrogen-bond acceptors (Lipinski definition) is 5. The van der Waals surface area contributed by atoms with Crippen molar-refractivity contribution in [1.82, 2.24) is 25.4 Å². The number of unbranched alkanes of at least 4 members (excludes halogenated alkanes) is 1. The van der Waals surface area contributed by atoms with Crippen LogP contribution in [0.5, 0.6) is 0 Å². The van der Waals surface area contributed by atoms with E-state index in [9.17, 15) is 0 Å². The molecule has 0 amide bonds. The van der Waals surface area contributed by atoms with Crippen molar-refractivity contribution in [1.29, 1.82) is 0 Å². The molecule has 1 aromatic heterocycles. The number of rotatable bonds is 13. The van der Waals surface area contributed by atoms with Gasteiger partial charge in [0.25, 0.3) is 0 Å². The molecule has 0 aliphatic heterocycles. The fourth-order valence-electron chi connectivity index (χ4n) is 2.07. The minimum Gasteiger partial charge on any atom is -0.385 e. The molecule has 1 heterocycles. The van der Waals surface area contributed by atoms with Crippen LogP contribution in [0.2, 0.25) is 0 Å². The van der Waals surface area contributed by atoms with Gasteiger partial charge in [0.1, 0.15) is 12.4 Å². The third-order valence-electron chi connectivity index (χ3n) is 3.78. The van der Waals surface area contributed by atoms with E-state index in [-0.39, 0.29) is 0 Å². The second-order valence-electron chi connectivity index (χ2n) is 5.91. The number of aliphatic imine (C=N–C) groups is 1. The van der Waals surface area contributed by atoms with Gasteiger partial charge in [-0.15, -0.1) is 10.2 Å². The Morgan fingerprint density at radius 3 is 2.36 bits per heavy atom. The maximum atomic E-state index is 5.58. The van der Waals surface area contributed by atoms with Crippen LogP contribution in [0.25, 0.3) is 0 Å². The largest absolute Gasteiger partial charge is 0.385 e. The number of methoxy groups -OCH3 is 1. The van der Waals surface area contributed by atoms with Crippen molar-refractivity contribution >= 4 is 5.96 Å². The molecule has 8 nitrogen and oxygen atoms in total. The van der Waals surface area contributed by atoms with E-state index in [4.69, 9.17) is 9.47 Å². The first-order valence-electron chi connectivity index (χ1n) is 9.12. The van der Waals surface area contributed by atoms with Gasteiger partial charge < -0.3 is 24.7 Å². The maximum absolute atomic E-state index is 5.58. The molecular formula is C17H34N6O2. The third kappa shape index (κ3) is 9.40. The molecule has 0 saturated heterocycles. The van der Waals surface area contributed by atoms with Crippen LogP contribution in [0.1, 0.15) is 44.3 Å². The molecule has 0 bridgehead atoms. The van der Waals surface area contributed by atoms with Crippen molar-refractivity contribution < 1.29 is 9.47 Å². The van der Waals surface area contributed by atoms with Crippen LogP contribution in [0.3, 0.4) is 0 Å². The monoisotopic (exact) mass is 354 g/mol. The molecule has 0 unspecified atom stereocenters. The number of aryl methyl sites for hydroxylation is 1. The molecule has 1 aromatic rings. The van der Waals surface area contributed by atoms with Crippen LogP contribution in [0.15, 0.2) is 4.99 Å². The van der Waals surface area contributed by atoms with E-state index < -0.39 is 0 Å². The number of nitrogens with zero attached hydrogens (tertiary/aromatic N) is 4. The van der Waals surface area contributed by atoms with Crippen LogP contribution < -0.4 is 10.6 Å². The summed E-state index contributed by atoms with van der Waals surface area (Å²) in [7, 11) is 3.66. The highest BCUT2D eigenvalue weighted by atomic mass is 16.5. The zero-order valence-corrected chi connectivity index (χ0v) is 16.2. The Morgan fingerprint density at radius 2 is 1.76 bits per heavy atom. The average Bonchev–Trinajstić information content (AvgIpc) is 2.93. The zero-order valence-electron chi connectivity index (χ0n) is 16.2. The molecule has 8 heteroatoms. The lowest BCUT2D eigenvalue weighted by atomic mass is 10.4. The first-order valence-corrected chi connectivity index (χ1v) is 9.12. The number of nitrogens with one attached hydrogen (secondary N) is 2. The second kappa shape index (κ2) is 13.6. The SMILES string of the molecule is CCCCOCCCNC(=NCc1nnc(C)n1C)NCCCOC. The summed E-state index contributed by atoms with van der Waals surface area (Å²) in [6.07, 6.45) is 4.17. The maximum Gasteiger partial charge on any atom is 0.191 e. The Bertz CT molecular complexity index is 489. The highest BCUT2D eigenvalue weighted by Crippen LogP contribution is 1.99. The van der Waals surface area contributed by atoms with Gasteiger partial charge in [0, 0.05) is 47.1 Å². The standard InChI is InChI=1S/C17H34N6O2/c1-5-6-12-25-13-8-10-19-17(18-9-7-11-24-4)20-14-16-22-21-15(2)23(16)3/h5-14H2,1-4H3,(H2,18,19,20). The summed E-state index contributed by atoms with van der Waals surface area (Å²) >= 11 is 0. The molecule has 0 aromatic carbocycles. The number of guanidine groups is 1. The van der Waals surface area contributed by atoms with Crippen LogP contribution in [0.4, 0.5) is 0 Å². The van der Waals surface area contributed by atoms with Crippen molar-refractivity contribution in [2.24, 2.45) is 12.0 Å². The lowest BCUT2D eigenvalue weighted by Crippen LogP contribution is -2.39. The number of ether oxygens (including phenoxy) is 2. The Labute approximate surface area is 151 Å². The number of hydrogen-bond donors (Lipinski definition) is 2. The molecule has 144 valence electrons. The van der Waals surface area contributed by atoms with E-state index in [2.05, 4.69) is 32.7 Å². The molecule has 0 spiro atoms. The van der Waals surface area contributed by atoms with Gasteiger partial charge in [-0.2, -0.15) is 0 Å². The van der Waals surface area contributed by atoms with E-state index in [1.54, 1.807) is 7.11 Å². The molecule has 25 heavy (non-hydrogen) atoms. The van der Waals surface area contributed by atoms with Crippen LogP contribution in [-0.4, -0.2) is 60.7 Å². The Kier molecular flexibility index (Phi) is 11.6. The highest BCUT2D eigenvalue weighted by Gasteiger charge is 2.05. The van der Waals surface area contributed by atoms with Crippen molar-refractivity contribution in [2.45, 2.75) is 46.1 Å². The first-order chi connectivity index (χ1) is 12.2. The normalized spacial score (nSPS) is 11.8. The molecular weight excluding hydrogens is 320 g/mol. The van der Waals surface area contributed by atoms with Crippen molar-refractivity contribution in [2.75, 3.05) is 40.0 Å². The molecule has 0 aliphatic carbocycles. The van der Waals surface area contributed by atoms with Crippen molar-refractivity contribution in [3.05, 3.63) is 11.6 Å². The van der Waals surface area contributed by atoms with Crippen LogP contribution >= 0.6 is 0 Å². The predicted octanol–water partition coefficient (Wildman–Crippen LogP) is 1.40. The van der Waals surface area contributed by atoms with Gasteiger partial charge >= 0.3 is 0 Å². The molecule has 1 rings (SSSR count). The van der Waals surface area contributed by atoms with Crippen LogP contribution in [-0.2, 0) is 23.1 Å². The summed E-state index contributed by atoms with van der Waals surface area (Å²) in [5, 5.41) is 14.9. The van der Waals surface area contributed by atoms with Gasteiger partial charge in [-0.1, -0.05) is 13.3 Å². The van der Waals surface area contributed by atoms with Gasteiger partial charge in [-0.3, -0.25) is 0 Å². The van der Waals surface area contributed by atoms with E-state index >= 15 is 0 Å². The molecule has 0 radical (unpaired) electrons. The summed E-state index contributed by atoms with van der Waals surface area (Å²) < 4.78 is 12.6. The Balaban J connectivity index is 2.39. The molecule has 2 N–H and O–H groups in total. The molecule has 0 atom stereocenters. The minimum absolute atomic E-state index is 0.490. The smallest absolute Gasteiger partial charge is 0.191 e. The van der Waals surface area contributed by atoms with E-state index in [1.807, 2.05) is 18.5 Å². The van der Waals surface area contributed by atoms with Gasteiger partial charge in [-0.25, -0.2) is 4.99 Å². The highest BCUT2D eigenvalue weighted by molar-refractivity contribution is 5.79. The van der Waals surface area contributed by atoms with Gasteiger partial charge in [0.15, 0.2) is 11.8 Å². The Morgan fingerprint density at radius 1 is 1.08 bits per heavy atom. The minimum atomic E-state index is 0.490. The van der Waals surface area contributed by atoms with E-state index in [0.717, 1.165) is 69.8 Å². The fraction of sp³-hybridized carbons (Fsp3) is 0.824. The molecule has 0 fully saturated rings. The van der Waals surface area contributed by atoms with Crippen LogP contribution in [0, 0.1) is 6.92 Å². The lowest BCUT2D eigenvalue weighted by Gasteiger charge is -2.12. The Hall–Kier alpha value is -1.67. The summed E-state index contributed by atoms with van der Waals surface area (Å²) in [4.78, 5) is 4.60. The third-order valence-corrected chi connectivity index (χ3v) is 3.78. The van der Waals surface area contributed by atoms with Crippen molar-refractivity contribution in [3.63, 3.8) is 0 Å². The van der Waals surface area contributed by atoms with Gasteiger partial charge in [-0.05, 0) is 26.2 Å². The number of aromatic nitrogens is 3. The quantitative estimate of drug-likeness (QED) is 0.316. The topological polar surface area (TPSA) is 85.6 Å². The van der Waals surface area contributed by atoms with E-state index in [1.165, 1.54) is 6.42 Å². The summed E-state index contributed by atoms with van der Waals surface area (Å²) in [5.41, 5.74) is 0. The van der Waals surface area contributed by atoms with Crippen molar-refractivity contribution in [3.8, 4) is 0 Å². The summed E-state index contributed by atoms with van der Waals surface area (Å²) in [6, 6.07) is 0. The zero-order chi connectivity index (χ0) is 18.3. The van der Waals surface area contributed by atoms with E-state index in [0.29, 0.717) is 6.54 Å². The van der Waals surface area contributed by atoms with Gasteiger partial charge in [0.2, 0.25) is 0 Å². The molecule has 0 saturated carbocycles. The lowest BCUT2D eigenvalue weighted by molar-refractivity contribution is 0.129. The second-order valence-corrected chi connectivity index (χ2v) is 5.91. The predicted molar refractivity (Wildman–Crippen MR) is 99.7 cm³/mol.